The lowest BCUT2D eigenvalue weighted by Crippen LogP contribution is -2.01. The Kier molecular flexibility index (Phi) is 4.45. The van der Waals surface area contributed by atoms with E-state index in [1.165, 1.54) is 0 Å². The molecule has 0 atom stereocenters. The summed E-state index contributed by atoms with van der Waals surface area (Å²) in [5.41, 5.74) is 2.02. The second-order valence-corrected chi connectivity index (χ2v) is 5.92. The number of halogens is 2. The van der Waals surface area contributed by atoms with E-state index >= 15 is 0 Å². The van der Waals surface area contributed by atoms with Crippen molar-refractivity contribution in [2.45, 2.75) is 13.5 Å². The lowest BCUT2D eigenvalue weighted by molar-refractivity contribution is 0.832. The molecule has 0 saturated heterocycles. The zero-order valence-corrected chi connectivity index (χ0v) is 13.7. The van der Waals surface area contributed by atoms with Gasteiger partial charge in [0.15, 0.2) is 0 Å². The van der Waals surface area contributed by atoms with Crippen LogP contribution in [0.2, 0.25) is 0 Å². The molecule has 1 aromatic heterocycles. The van der Waals surface area contributed by atoms with Crippen LogP contribution < -0.4 is 5.32 Å². The second-order valence-electron chi connectivity index (χ2n) is 3.90. The minimum absolute atomic E-state index is 0.747. The fourth-order valence-corrected chi connectivity index (χ4v) is 2.39. The third-order valence-electron chi connectivity index (χ3n) is 2.40. The van der Waals surface area contributed by atoms with E-state index in [2.05, 4.69) is 61.5 Å². The lowest BCUT2D eigenvalue weighted by Gasteiger charge is -2.08. The molecule has 94 valence electrons. The molecule has 0 aliphatic heterocycles. The Morgan fingerprint density at radius 3 is 3.00 bits per heavy atom. The standard InChI is InChI=1S/C13H13BrIN3/c1-3-6-18-8-9(2)16-13(18)17-10-4-5-11(14)12(15)7-10/h3-5,7-8H,1,6H2,2H3,(H,16,17). The monoisotopic (exact) mass is 417 g/mol. The molecule has 0 fully saturated rings. The van der Waals surface area contributed by atoms with Crippen molar-refractivity contribution < 1.29 is 0 Å². The number of benzene rings is 1. The van der Waals surface area contributed by atoms with E-state index in [-0.39, 0.29) is 0 Å². The first-order valence-electron chi connectivity index (χ1n) is 5.47. The highest BCUT2D eigenvalue weighted by Crippen LogP contribution is 2.24. The van der Waals surface area contributed by atoms with Crippen LogP contribution >= 0.6 is 38.5 Å². The molecule has 0 aliphatic carbocycles. The molecule has 0 amide bonds. The van der Waals surface area contributed by atoms with Gasteiger partial charge in [-0.2, -0.15) is 0 Å². The summed E-state index contributed by atoms with van der Waals surface area (Å²) in [6.07, 6.45) is 3.87. The minimum Gasteiger partial charge on any atom is -0.326 e. The Morgan fingerprint density at radius 2 is 2.33 bits per heavy atom. The summed E-state index contributed by atoms with van der Waals surface area (Å²) in [7, 11) is 0. The molecular formula is C13H13BrIN3. The van der Waals surface area contributed by atoms with Gasteiger partial charge in [0, 0.05) is 26.5 Å². The van der Waals surface area contributed by atoms with Crippen molar-refractivity contribution in [3.8, 4) is 0 Å². The Labute approximate surface area is 129 Å². The molecule has 0 aliphatic rings. The highest BCUT2D eigenvalue weighted by atomic mass is 127. The molecular weight excluding hydrogens is 405 g/mol. The van der Waals surface area contributed by atoms with E-state index in [0.717, 1.165) is 31.9 Å². The number of anilines is 2. The van der Waals surface area contributed by atoms with Crippen LogP contribution in [-0.4, -0.2) is 9.55 Å². The maximum absolute atomic E-state index is 4.47. The molecule has 18 heavy (non-hydrogen) atoms. The van der Waals surface area contributed by atoms with E-state index in [9.17, 15) is 0 Å². The lowest BCUT2D eigenvalue weighted by atomic mass is 10.3. The largest absolute Gasteiger partial charge is 0.326 e. The SMILES string of the molecule is C=CCn1cc(C)nc1Nc1ccc(Br)c(I)c1. The Morgan fingerprint density at radius 1 is 1.56 bits per heavy atom. The summed E-state index contributed by atoms with van der Waals surface area (Å²) in [6.45, 7) is 6.48. The molecule has 5 heteroatoms. The highest BCUT2D eigenvalue weighted by Gasteiger charge is 2.05. The zero-order valence-electron chi connectivity index (χ0n) is 9.95. The molecule has 2 rings (SSSR count). The van der Waals surface area contributed by atoms with Gasteiger partial charge in [-0.25, -0.2) is 4.98 Å². The fraction of sp³-hybridized carbons (Fsp3) is 0.154. The number of nitrogens with zero attached hydrogens (tertiary/aromatic N) is 2. The summed E-state index contributed by atoms with van der Waals surface area (Å²) in [5, 5.41) is 3.32. The fourth-order valence-electron chi connectivity index (χ4n) is 1.63. The Hall–Kier alpha value is -0.820. The molecule has 1 N–H and O–H groups in total. The van der Waals surface area contributed by atoms with Crippen molar-refractivity contribution >= 4 is 50.2 Å². The summed E-state index contributed by atoms with van der Waals surface area (Å²) >= 11 is 5.78. The first kappa shape index (κ1) is 13.6. The molecule has 0 radical (unpaired) electrons. The average molecular weight is 418 g/mol. The summed E-state index contributed by atoms with van der Waals surface area (Å²) in [6, 6.07) is 6.12. The van der Waals surface area contributed by atoms with Crippen LogP contribution in [0.3, 0.4) is 0 Å². The van der Waals surface area contributed by atoms with Crippen LogP contribution in [0.4, 0.5) is 11.6 Å². The van der Waals surface area contributed by atoms with Gasteiger partial charge in [0.2, 0.25) is 5.95 Å². The number of hydrogen-bond acceptors (Lipinski definition) is 2. The molecule has 2 aromatic rings. The molecule has 0 bridgehead atoms. The van der Waals surface area contributed by atoms with Crippen molar-refractivity contribution in [2.75, 3.05) is 5.32 Å². The van der Waals surface area contributed by atoms with Crippen LogP contribution in [0.15, 0.2) is 41.5 Å². The van der Waals surface area contributed by atoms with E-state index in [1.54, 1.807) is 0 Å². The predicted octanol–water partition coefficient (Wildman–Crippen LogP) is 4.49. The second kappa shape index (κ2) is 5.88. The maximum atomic E-state index is 4.47. The molecule has 0 unspecified atom stereocenters. The van der Waals surface area contributed by atoms with E-state index in [4.69, 9.17) is 0 Å². The van der Waals surface area contributed by atoms with Gasteiger partial charge >= 0.3 is 0 Å². The van der Waals surface area contributed by atoms with Crippen LogP contribution in [0.1, 0.15) is 5.69 Å². The van der Waals surface area contributed by atoms with Crippen LogP contribution in [0.5, 0.6) is 0 Å². The van der Waals surface area contributed by atoms with Gasteiger partial charge in [-0.1, -0.05) is 6.08 Å². The number of rotatable bonds is 4. The first-order chi connectivity index (χ1) is 8.60. The van der Waals surface area contributed by atoms with Gasteiger partial charge in [0.1, 0.15) is 0 Å². The van der Waals surface area contributed by atoms with E-state index in [0.29, 0.717) is 0 Å². The molecule has 0 saturated carbocycles. The third-order valence-corrected chi connectivity index (χ3v) is 4.72. The smallest absolute Gasteiger partial charge is 0.207 e. The maximum Gasteiger partial charge on any atom is 0.207 e. The predicted molar refractivity (Wildman–Crippen MR) is 87.3 cm³/mol. The zero-order chi connectivity index (χ0) is 13.1. The summed E-state index contributed by atoms with van der Waals surface area (Å²) in [4.78, 5) is 4.47. The number of allylic oxidation sites excluding steroid dienone is 1. The molecule has 3 nitrogen and oxygen atoms in total. The summed E-state index contributed by atoms with van der Waals surface area (Å²) < 4.78 is 4.30. The van der Waals surface area contributed by atoms with Gasteiger partial charge < -0.3 is 9.88 Å². The van der Waals surface area contributed by atoms with Gasteiger partial charge in [-0.15, -0.1) is 6.58 Å². The Bertz CT molecular complexity index is 578. The van der Waals surface area contributed by atoms with Crippen LogP contribution in [-0.2, 0) is 6.54 Å². The molecule has 1 heterocycles. The van der Waals surface area contributed by atoms with Crippen molar-refractivity contribution in [1.29, 1.82) is 0 Å². The van der Waals surface area contributed by atoms with E-state index in [1.807, 2.05) is 35.9 Å². The number of hydrogen-bond donors (Lipinski definition) is 1. The third kappa shape index (κ3) is 3.14. The average Bonchev–Trinajstić information content (AvgIpc) is 2.65. The first-order valence-corrected chi connectivity index (χ1v) is 7.34. The number of aromatic nitrogens is 2. The number of imidazole rings is 1. The molecule has 0 spiro atoms. The Balaban J connectivity index is 2.27. The van der Waals surface area contributed by atoms with Crippen molar-refractivity contribution in [1.82, 2.24) is 9.55 Å². The highest BCUT2D eigenvalue weighted by molar-refractivity contribution is 14.1. The van der Waals surface area contributed by atoms with Crippen molar-refractivity contribution in [3.63, 3.8) is 0 Å². The topological polar surface area (TPSA) is 29.9 Å². The minimum atomic E-state index is 0.747. The van der Waals surface area contributed by atoms with Gasteiger partial charge in [-0.05, 0) is 63.6 Å². The van der Waals surface area contributed by atoms with E-state index < -0.39 is 0 Å². The van der Waals surface area contributed by atoms with Gasteiger partial charge in [0.25, 0.3) is 0 Å². The van der Waals surface area contributed by atoms with Gasteiger partial charge in [-0.3, -0.25) is 0 Å². The van der Waals surface area contributed by atoms with Gasteiger partial charge in [0.05, 0.1) is 5.69 Å². The van der Waals surface area contributed by atoms with Crippen LogP contribution in [0, 0.1) is 10.5 Å². The number of nitrogens with one attached hydrogen (secondary N) is 1. The van der Waals surface area contributed by atoms with Crippen molar-refractivity contribution in [3.05, 3.63) is 50.8 Å². The van der Waals surface area contributed by atoms with Crippen molar-refractivity contribution in [2.24, 2.45) is 0 Å². The quantitative estimate of drug-likeness (QED) is 0.586. The molecule has 1 aromatic carbocycles. The summed E-state index contributed by atoms with van der Waals surface area (Å²) in [5.74, 6) is 0.838. The van der Waals surface area contributed by atoms with Crippen LogP contribution in [0.25, 0.3) is 0 Å². The normalized spacial score (nSPS) is 10.4. The number of aryl methyl sites for hydroxylation is 1.